The predicted molar refractivity (Wildman–Crippen MR) is 140 cm³/mol. The minimum Gasteiger partial charge on any atom is -0.342 e. The average molecular weight is 551 g/mol. The van der Waals surface area contributed by atoms with Gasteiger partial charge >= 0.3 is 0 Å². The van der Waals surface area contributed by atoms with E-state index in [0.29, 0.717) is 33.8 Å². The van der Waals surface area contributed by atoms with Crippen molar-refractivity contribution in [2.75, 3.05) is 11.1 Å². The van der Waals surface area contributed by atoms with E-state index in [9.17, 15) is 19.7 Å². The molecule has 36 heavy (non-hydrogen) atoms. The number of nitro groups is 1. The second kappa shape index (κ2) is 12.2. The number of nitro benzene ring substituents is 1. The van der Waals surface area contributed by atoms with Gasteiger partial charge in [0.2, 0.25) is 5.91 Å². The van der Waals surface area contributed by atoms with Gasteiger partial charge in [0.25, 0.3) is 11.6 Å². The molecule has 190 valence electrons. The molecule has 0 aliphatic heterocycles. The molecule has 1 atom stereocenters. The van der Waals surface area contributed by atoms with Crippen LogP contribution in [0.15, 0.2) is 47.6 Å². The molecule has 10 nitrogen and oxygen atoms in total. The van der Waals surface area contributed by atoms with E-state index in [-0.39, 0.29) is 34.2 Å². The van der Waals surface area contributed by atoms with Crippen molar-refractivity contribution >= 4 is 58.2 Å². The van der Waals surface area contributed by atoms with Gasteiger partial charge in [-0.1, -0.05) is 48.8 Å². The lowest BCUT2D eigenvalue weighted by Gasteiger charge is -2.22. The molecule has 1 heterocycles. The summed E-state index contributed by atoms with van der Waals surface area (Å²) in [4.78, 5) is 35.6. The van der Waals surface area contributed by atoms with Crippen molar-refractivity contribution in [2.45, 2.75) is 38.5 Å². The first kappa shape index (κ1) is 27.4. The number of anilines is 1. The van der Waals surface area contributed by atoms with Gasteiger partial charge in [-0.2, -0.15) is 0 Å². The standard InChI is InChI=1S/C23H24Cl2N6O4S/c1-4-30-21(20(13(2)3)27-22(33)17-10-5-14(24)11-18(17)25)28-29-23(30)36-12-19(32)26-15-6-8-16(9-7-15)31(34)35/h5-11,13,20H,4,12H2,1-3H3,(H,26,32)(H,27,33)/t20-/m1/s1. The quantitative estimate of drug-likeness (QED) is 0.197. The van der Waals surface area contributed by atoms with Crippen molar-refractivity contribution in [3.8, 4) is 0 Å². The maximum Gasteiger partial charge on any atom is 0.269 e. The first-order valence-corrected chi connectivity index (χ1v) is 12.7. The number of non-ortho nitro benzene ring substituents is 1. The number of hydrogen-bond acceptors (Lipinski definition) is 7. The van der Waals surface area contributed by atoms with Gasteiger partial charge in [-0.05, 0) is 43.2 Å². The zero-order chi connectivity index (χ0) is 26.4. The van der Waals surface area contributed by atoms with Crippen LogP contribution in [0.2, 0.25) is 10.0 Å². The van der Waals surface area contributed by atoms with Crippen molar-refractivity contribution < 1.29 is 14.5 Å². The number of hydrogen-bond donors (Lipinski definition) is 2. The van der Waals surface area contributed by atoms with Gasteiger partial charge in [0.05, 0.1) is 27.3 Å². The van der Waals surface area contributed by atoms with Gasteiger partial charge in [0.15, 0.2) is 11.0 Å². The van der Waals surface area contributed by atoms with Crippen LogP contribution in [-0.2, 0) is 11.3 Å². The molecule has 0 unspecified atom stereocenters. The highest BCUT2D eigenvalue weighted by Crippen LogP contribution is 2.27. The highest BCUT2D eigenvalue weighted by Gasteiger charge is 2.27. The molecule has 3 rings (SSSR count). The van der Waals surface area contributed by atoms with Crippen LogP contribution < -0.4 is 10.6 Å². The van der Waals surface area contributed by atoms with Crippen molar-refractivity contribution in [1.29, 1.82) is 0 Å². The Morgan fingerprint density at radius 1 is 1.14 bits per heavy atom. The van der Waals surface area contributed by atoms with Crippen LogP contribution in [0.4, 0.5) is 11.4 Å². The first-order valence-electron chi connectivity index (χ1n) is 11.0. The lowest BCUT2D eigenvalue weighted by Crippen LogP contribution is -2.34. The summed E-state index contributed by atoms with van der Waals surface area (Å²) in [6.45, 7) is 6.35. The molecule has 2 aromatic carbocycles. The van der Waals surface area contributed by atoms with Gasteiger partial charge in [0, 0.05) is 29.4 Å². The number of nitrogens with zero attached hydrogens (tertiary/aromatic N) is 4. The molecule has 0 radical (unpaired) electrons. The molecule has 1 aromatic heterocycles. The number of halogens is 2. The van der Waals surface area contributed by atoms with Crippen LogP contribution in [0.1, 0.15) is 43.0 Å². The van der Waals surface area contributed by atoms with E-state index in [1.165, 1.54) is 42.1 Å². The van der Waals surface area contributed by atoms with Crippen molar-refractivity contribution in [2.24, 2.45) is 5.92 Å². The maximum atomic E-state index is 12.9. The van der Waals surface area contributed by atoms with E-state index in [1.54, 1.807) is 12.1 Å². The molecule has 0 fully saturated rings. The molecule has 0 saturated heterocycles. The van der Waals surface area contributed by atoms with Crippen LogP contribution in [0.25, 0.3) is 0 Å². The van der Waals surface area contributed by atoms with Crippen LogP contribution in [0.5, 0.6) is 0 Å². The predicted octanol–water partition coefficient (Wildman–Crippen LogP) is 5.37. The second-order valence-electron chi connectivity index (χ2n) is 8.05. The Bertz CT molecular complexity index is 1270. The maximum absolute atomic E-state index is 12.9. The summed E-state index contributed by atoms with van der Waals surface area (Å²) in [5.74, 6) is -0.0688. The number of amides is 2. The van der Waals surface area contributed by atoms with Gasteiger partial charge in [0.1, 0.15) is 0 Å². The summed E-state index contributed by atoms with van der Waals surface area (Å²) >= 11 is 13.3. The fraction of sp³-hybridized carbons (Fsp3) is 0.304. The molecule has 0 aliphatic carbocycles. The number of thioether (sulfide) groups is 1. The van der Waals surface area contributed by atoms with Gasteiger partial charge in [-0.25, -0.2) is 0 Å². The Kier molecular flexibility index (Phi) is 9.30. The van der Waals surface area contributed by atoms with E-state index in [0.717, 1.165) is 0 Å². The summed E-state index contributed by atoms with van der Waals surface area (Å²) in [5.41, 5.74) is 0.690. The Morgan fingerprint density at radius 2 is 1.83 bits per heavy atom. The molecule has 13 heteroatoms. The molecule has 2 N–H and O–H groups in total. The summed E-state index contributed by atoms with van der Waals surface area (Å²) in [7, 11) is 0. The third-order valence-corrected chi connectivity index (χ3v) is 6.68. The Morgan fingerprint density at radius 3 is 2.42 bits per heavy atom. The molecule has 0 saturated carbocycles. The van der Waals surface area contributed by atoms with E-state index in [4.69, 9.17) is 23.2 Å². The zero-order valence-electron chi connectivity index (χ0n) is 19.7. The van der Waals surface area contributed by atoms with Crippen LogP contribution in [0, 0.1) is 16.0 Å². The van der Waals surface area contributed by atoms with Gasteiger partial charge < -0.3 is 15.2 Å². The number of aromatic nitrogens is 3. The third kappa shape index (κ3) is 6.74. The highest BCUT2D eigenvalue weighted by molar-refractivity contribution is 7.99. The highest BCUT2D eigenvalue weighted by atomic mass is 35.5. The Hall–Kier alpha value is -3.15. The zero-order valence-corrected chi connectivity index (χ0v) is 22.0. The number of carbonyl (C=O) groups excluding carboxylic acids is 2. The van der Waals surface area contributed by atoms with Crippen LogP contribution in [-0.4, -0.2) is 37.3 Å². The first-order chi connectivity index (χ1) is 17.1. The third-order valence-electron chi connectivity index (χ3n) is 5.16. The minimum absolute atomic E-state index is 0.0159. The molecule has 0 aliphatic rings. The molecule has 0 spiro atoms. The topological polar surface area (TPSA) is 132 Å². The van der Waals surface area contributed by atoms with E-state index >= 15 is 0 Å². The Labute approximate surface area is 221 Å². The van der Waals surface area contributed by atoms with Crippen molar-refractivity contribution in [1.82, 2.24) is 20.1 Å². The molecule has 0 bridgehead atoms. The van der Waals surface area contributed by atoms with E-state index < -0.39 is 11.0 Å². The fourth-order valence-electron chi connectivity index (χ4n) is 3.35. The summed E-state index contributed by atoms with van der Waals surface area (Å²) < 4.78 is 1.85. The minimum atomic E-state index is -0.506. The molecule has 3 aromatic rings. The monoisotopic (exact) mass is 550 g/mol. The number of nitrogens with one attached hydrogen (secondary N) is 2. The van der Waals surface area contributed by atoms with Crippen LogP contribution >= 0.6 is 35.0 Å². The number of carbonyl (C=O) groups is 2. The molecule has 2 amide bonds. The number of benzene rings is 2. The summed E-state index contributed by atoms with van der Waals surface area (Å²) in [6, 6.07) is 9.78. The summed E-state index contributed by atoms with van der Waals surface area (Å²) in [5, 5.41) is 26.2. The SMILES string of the molecule is CCn1c(SCC(=O)Nc2ccc([N+](=O)[O-])cc2)nnc1[C@H](NC(=O)c1ccc(Cl)cc1Cl)C(C)C. The Balaban J connectivity index is 1.70. The van der Waals surface area contributed by atoms with E-state index in [2.05, 4.69) is 20.8 Å². The van der Waals surface area contributed by atoms with Crippen LogP contribution in [0.3, 0.4) is 0 Å². The van der Waals surface area contributed by atoms with Crippen molar-refractivity contribution in [3.05, 3.63) is 74.0 Å². The number of rotatable bonds is 10. The average Bonchev–Trinajstić information content (AvgIpc) is 3.23. The summed E-state index contributed by atoms with van der Waals surface area (Å²) in [6.07, 6.45) is 0. The van der Waals surface area contributed by atoms with E-state index in [1.807, 2.05) is 25.3 Å². The lowest BCUT2D eigenvalue weighted by molar-refractivity contribution is -0.384. The second-order valence-corrected chi connectivity index (χ2v) is 9.83. The fourth-order valence-corrected chi connectivity index (χ4v) is 4.65. The van der Waals surface area contributed by atoms with Gasteiger partial charge in [-0.15, -0.1) is 10.2 Å². The van der Waals surface area contributed by atoms with Crippen molar-refractivity contribution in [3.63, 3.8) is 0 Å². The molecular formula is C23H24Cl2N6O4S. The largest absolute Gasteiger partial charge is 0.342 e. The molecular weight excluding hydrogens is 527 g/mol. The van der Waals surface area contributed by atoms with Gasteiger partial charge in [-0.3, -0.25) is 19.7 Å². The lowest BCUT2D eigenvalue weighted by atomic mass is 10.0. The normalized spacial score (nSPS) is 11.8. The smallest absolute Gasteiger partial charge is 0.269 e.